The number of halogens is 4. The number of nitrogens with zero attached hydrogens (tertiary/aromatic N) is 1. The third-order valence-electron chi connectivity index (χ3n) is 0.368. The summed E-state index contributed by atoms with van der Waals surface area (Å²) in [6, 6.07) is 0. The molecule has 102 valence electrons. The fraction of sp³-hybridized carbons (Fsp3) is 0.250. The van der Waals surface area contributed by atoms with Crippen LogP contribution in [0, 0.1) is 39.8 Å². The summed E-state index contributed by atoms with van der Waals surface area (Å²) in [5, 5.41) is 0. The topological polar surface area (TPSA) is 104 Å². The summed E-state index contributed by atoms with van der Waals surface area (Å²) in [6.07, 6.45) is 0. The Balaban J connectivity index is -0.0000000261. The van der Waals surface area contributed by atoms with Gasteiger partial charge < -0.3 is 0 Å². The molecule has 0 aliphatic rings. The number of hydrogen-bond acceptors (Lipinski definition) is 0. The summed E-state index contributed by atoms with van der Waals surface area (Å²) in [4.78, 5) is 0.438. The number of rotatable bonds is 1. The molecule has 0 unspecified atom stereocenters. The second-order valence-corrected chi connectivity index (χ2v) is 3.15. The molecule has 0 radical (unpaired) electrons. The Morgan fingerprint density at radius 1 is 0.842 bits per heavy atom. The normalized spacial score (nSPS) is 6.68. The summed E-state index contributed by atoms with van der Waals surface area (Å²) in [7, 11) is 0. The molecule has 0 spiro atoms. The van der Waals surface area contributed by atoms with E-state index in [1.807, 2.05) is 0 Å². The molecule has 0 amide bonds. The van der Waals surface area contributed by atoms with Crippen LogP contribution in [0.3, 0.4) is 0 Å². The van der Waals surface area contributed by atoms with Crippen LogP contribution in [0.2, 0.25) is 0 Å². The van der Waals surface area contributed by atoms with Crippen LogP contribution < -0.4 is 0 Å². The van der Waals surface area contributed by atoms with E-state index < -0.39 is 9.27 Å². The van der Waals surface area contributed by atoms with Crippen LogP contribution in [0.4, 0.5) is 0 Å². The molecule has 0 saturated heterocycles. The average molecular weight is 386 g/mol. The molecule has 0 aromatic heterocycles. The van der Waals surface area contributed by atoms with Gasteiger partial charge in [0.05, 0.1) is 1.37 Å². The number of hydrogen-bond donors (Lipinski definition) is 0. The van der Waals surface area contributed by atoms with Crippen molar-refractivity contribution < 1.29 is 42.0 Å². The molecule has 0 aromatic carbocycles. The summed E-state index contributed by atoms with van der Waals surface area (Å²) in [6.45, 7) is 28.8. The van der Waals surface area contributed by atoms with Crippen LogP contribution in [-0.4, -0.2) is 9.27 Å². The molecule has 0 rings (SSSR count). The molecular weight excluding hydrogens is 384 g/mol. The van der Waals surface area contributed by atoms with Gasteiger partial charge in [0, 0.05) is 17.4 Å². The molecule has 0 aliphatic carbocycles. The summed E-state index contributed by atoms with van der Waals surface area (Å²) in [5.41, 5.74) is 0. The van der Waals surface area contributed by atoms with Crippen LogP contribution in [0.15, 0.2) is 0 Å². The van der Waals surface area contributed by atoms with Crippen molar-refractivity contribution in [3.8, 4) is 0 Å². The van der Waals surface area contributed by atoms with E-state index in [1.165, 1.54) is 0 Å². The number of alkyl halides is 4. The Kier molecular flexibility index (Phi) is 99.9. The van der Waals surface area contributed by atoms with E-state index in [-0.39, 0.29) is 17.4 Å². The van der Waals surface area contributed by atoms with Crippen molar-refractivity contribution >= 4 is 46.4 Å². The van der Waals surface area contributed by atoms with E-state index in [0.29, 0.717) is 0 Å². The molecule has 0 atom stereocenters. The van der Waals surface area contributed by atoms with Crippen LogP contribution in [0.5, 0.6) is 0 Å². The minimum atomic E-state index is -2.18. The Morgan fingerprint density at radius 2 is 1.00 bits per heavy atom. The van der Waals surface area contributed by atoms with E-state index in [4.69, 9.17) is 77.6 Å². The van der Waals surface area contributed by atoms with Gasteiger partial charge in [0.25, 0.3) is 0 Å². The average Bonchev–Trinajstić information content (AvgIpc) is 2.48. The van der Waals surface area contributed by atoms with Gasteiger partial charge >= 0.3 is 61.0 Å². The molecule has 6 nitrogen and oxygen atoms in total. The SMILES string of the molecule is [2H]C(Cl)(Cl)C(Cl)(Cl)[N+]#[C-].[C-]#[O+].[C-]#[O+].[C-]#[O+].[C-]#[O+].[C-]#[O+].[Cr]. The molecule has 0 saturated carbocycles. The zero-order valence-corrected chi connectivity index (χ0v) is 12.7. The van der Waals surface area contributed by atoms with Crippen LogP contribution >= 0.6 is 46.4 Å². The molecule has 0 N–H and O–H groups in total. The minimum Gasteiger partial charge on any atom is 0 e. The minimum absolute atomic E-state index is 0. The van der Waals surface area contributed by atoms with Gasteiger partial charge in [-0.25, -0.2) is 6.57 Å². The van der Waals surface area contributed by atoms with Crippen molar-refractivity contribution in [3.63, 3.8) is 0 Å². The van der Waals surface area contributed by atoms with Gasteiger partial charge in [-0.1, -0.05) is 23.2 Å². The molecule has 0 heterocycles. The first-order chi connectivity index (χ1) is 8.81. The van der Waals surface area contributed by atoms with Crippen molar-refractivity contribution in [2.45, 2.75) is 9.27 Å². The molecule has 0 bridgehead atoms. The van der Waals surface area contributed by atoms with E-state index in [2.05, 4.69) is 38.1 Å². The monoisotopic (exact) mass is 384 g/mol. The maximum absolute atomic E-state index is 7.50. The largest absolute Gasteiger partial charge is 0 e. The Morgan fingerprint density at radius 3 is 1.00 bits per heavy atom. The van der Waals surface area contributed by atoms with Crippen molar-refractivity contribution in [3.05, 3.63) is 44.7 Å². The van der Waals surface area contributed by atoms with Crippen molar-refractivity contribution in [1.82, 2.24) is 0 Å². The zero-order chi connectivity index (χ0) is 17.7. The van der Waals surface area contributed by atoms with E-state index >= 15 is 0 Å². The molecule has 0 aliphatic heterocycles. The van der Waals surface area contributed by atoms with Gasteiger partial charge in [0.2, 0.25) is 4.81 Å². The standard InChI is InChI=1S/C3HCl4N.5CO.Cr/c1-8-3(6,7)2(4)5;5*1-2;/h2H;;;;;;/i2D;;;;;;. The maximum Gasteiger partial charge on any atom is 0 e. The van der Waals surface area contributed by atoms with Crippen molar-refractivity contribution in [2.75, 3.05) is 0 Å². The maximum atomic E-state index is 7.50. The van der Waals surface area contributed by atoms with E-state index in [1.54, 1.807) is 0 Å². The van der Waals surface area contributed by atoms with Gasteiger partial charge in [-0.3, -0.25) is 4.85 Å². The van der Waals surface area contributed by atoms with E-state index in [0.717, 1.165) is 0 Å². The van der Waals surface area contributed by atoms with Crippen LogP contribution in [-0.2, 0) is 40.6 Å². The van der Waals surface area contributed by atoms with E-state index in [9.17, 15) is 0 Å². The quantitative estimate of drug-likeness (QED) is 0.286. The van der Waals surface area contributed by atoms with Gasteiger partial charge in [-0.05, 0) is 23.2 Å². The van der Waals surface area contributed by atoms with Gasteiger partial charge in [-0.15, -0.1) is 0 Å². The van der Waals surface area contributed by atoms with Gasteiger partial charge in [-0.2, -0.15) is 0 Å². The Hall–Kier alpha value is -0.118. The first-order valence-electron chi connectivity index (χ1n) is 2.97. The van der Waals surface area contributed by atoms with Gasteiger partial charge in [0.1, 0.15) is 0 Å². The first-order valence-corrected chi connectivity index (χ1v) is 3.99. The summed E-state index contributed by atoms with van der Waals surface area (Å²) < 4.78 is 42.2. The third kappa shape index (κ3) is 57.2. The van der Waals surface area contributed by atoms with Crippen LogP contribution in [0.1, 0.15) is 1.37 Å². The predicted octanol–water partition coefficient (Wildman–Crippen LogP) is 2.65. The molecule has 0 fully saturated rings. The predicted molar refractivity (Wildman–Crippen MR) is 56.2 cm³/mol. The molecule has 19 heavy (non-hydrogen) atoms. The molecular formula is C8HCl4CrNO5. The summed E-state index contributed by atoms with van der Waals surface area (Å²) >= 11 is 20.5. The Labute approximate surface area is 142 Å². The molecule has 11 heteroatoms. The fourth-order valence-electron chi connectivity index (χ4n) is 0.0423. The first kappa shape index (κ1) is 36.4. The zero-order valence-electron chi connectivity index (χ0n) is 9.41. The summed E-state index contributed by atoms with van der Waals surface area (Å²) in [5.74, 6) is 0. The van der Waals surface area contributed by atoms with Crippen molar-refractivity contribution in [2.24, 2.45) is 0 Å². The second kappa shape index (κ2) is 52.2. The smallest absolute Gasteiger partial charge is 0 e. The Bertz CT molecular complexity index is 294. The molecule has 0 aromatic rings. The third-order valence-corrected chi connectivity index (χ3v) is 1.85. The second-order valence-electron chi connectivity index (χ2n) is 0.913. The fourth-order valence-corrected chi connectivity index (χ4v) is 0.127. The van der Waals surface area contributed by atoms with Crippen LogP contribution in [0.25, 0.3) is 4.85 Å². The van der Waals surface area contributed by atoms with Gasteiger partial charge in [0.15, 0.2) is 0 Å². The van der Waals surface area contributed by atoms with Crippen molar-refractivity contribution in [1.29, 1.82) is 0 Å².